The Bertz CT molecular complexity index is 810. The Morgan fingerprint density at radius 1 is 1.14 bits per heavy atom. The summed E-state index contributed by atoms with van der Waals surface area (Å²) in [5.41, 5.74) is 1.12. The van der Waals surface area contributed by atoms with Crippen molar-refractivity contribution in [2.24, 2.45) is 0 Å². The normalized spacial score (nSPS) is 11.1. The molecule has 0 fully saturated rings. The van der Waals surface area contributed by atoms with Crippen LogP contribution in [0.15, 0.2) is 35.3 Å². The molecule has 8 nitrogen and oxygen atoms in total. The summed E-state index contributed by atoms with van der Waals surface area (Å²) in [6.07, 6.45) is 3.02. The van der Waals surface area contributed by atoms with Gasteiger partial charge in [0.15, 0.2) is 0 Å². The summed E-state index contributed by atoms with van der Waals surface area (Å²) in [4.78, 5) is 12.3. The van der Waals surface area contributed by atoms with Crippen LogP contribution >= 0.6 is 0 Å². The highest BCUT2D eigenvalue weighted by Gasteiger charge is 2.07. The number of aromatic nitrogens is 6. The summed E-state index contributed by atoms with van der Waals surface area (Å²) in [5.74, 6) is 0. The Labute approximate surface area is 119 Å². The zero-order valence-corrected chi connectivity index (χ0v) is 11.3. The van der Waals surface area contributed by atoms with E-state index in [0.717, 1.165) is 5.69 Å². The van der Waals surface area contributed by atoms with E-state index >= 15 is 0 Å². The monoisotopic (exact) mass is 286 g/mol. The molecule has 0 spiro atoms. The van der Waals surface area contributed by atoms with Crippen molar-refractivity contribution in [1.29, 1.82) is 0 Å². The zero-order valence-electron chi connectivity index (χ0n) is 11.3. The molecular formula is C13H14N6O2. The van der Waals surface area contributed by atoms with Gasteiger partial charge in [0.05, 0.1) is 17.3 Å². The summed E-state index contributed by atoms with van der Waals surface area (Å²) in [7, 11) is 0. The Hall–Kier alpha value is -2.61. The standard InChI is InChI=1S/C13H14N6O2/c20-7-3-4-10-8-18(16-14-10)9-19-13(21)11-5-1-2-6-12(11)15-17-19/h1-2,5-6,8,20H,3-4,7,9H2. The Balaban J connectivity index is 1.86. The van der Waals surface area contributed by atoms with Crippen LogP contribution in [0.2, 0.25) is 0 Å². The second-order valence-corrected chi connectivity index (χ2v) is 4.63. The van der Waals surface area contributed by atoms with Crippen molar-refractivity contribution in [3.63, 3.8) is 0 Å². The van der Waals surface area contributed by atoms with Gasteiger partial charge in [0.1, 0.15) is 12.2 Å². The van der Waals surface area contributed by atoms with E-state index in [9.17, 15) is 4.79 Å². The highest BCUT2D eigenvalue weighted by molar-refractivity contribution is 5.76. The van der Waals surface area contributed by atoms with Crippen molar-refractivity contribution in [2.45, 2.75) is 19.5 Å². The molecule has 108 valence electrons. The van der Waals surface area contributed by atoms with Gasteiger partial charge in [-0.3, -0.25) is 4.79 Å². The Kier molecular flexibility index (Phi) is 3.69. The van der Waals surface area contributed by atoms with Gasteiger partial charge in [0, 0.05) is 6.61 Å². The molecule has 1 N–H and O–H groups in total. The predicted octanol–water partition coefficient (Wildman–Crippen LogP) is -0.186. The number of hydrogen-bond donors (Lipinski definition) is 1. The second-order valence-electron chi connectivity index (χ2n) is 4.63. The molecule has 0 saturated heterocycles. The SMILES string of the molecule is O=c1c2ccccc2nnn1Cn1cc(CCCO)nn1. The first-order valence-electron chi connectivity index (χ1n) is 6.60. The lowest BCUT2D eigenvalue weighted by Crippen LogP contribution is -2.27. The maximum absolute atomic E-state index is 12.3. The number of hydrogen-bond acceptors (Lipinski definition) is 6. The van der Waals surface area contributed by atoms with Gasteiger partial charge < -0.3 is 5.11 Å². The highest BCUT2D eigenvalue weighted by atomic mass is 16.2. The molecule has 1 aromatic carbocycles. The molecule has 21 heavy (non-hydrogen) atoms. The minimum absolute atomic E-state index is 0.114. The van der Waals surface area contributed by atoms with Crippen LogP contribution < -0.4 is 5.56 Å². The van der Waals surface area contributed by atoms with E-state index < -0.39 is 0 Å². The van der Waals surface area contributed by atoms with Gasteiger partial charge in [0.25, 0.3) is 5.56 Å². The van der Waals surface area contributed by atoms with Crippen LogP contribution in [0.5, 0.6) is 0 Å². The minimum atomic E-state index is -0.215. The van der Waals surface area contributed by atoms with Gasteiger partial charge in [0.2, 0.25) is 0 Å². The summed E-state index contributed by atoms with van der Waals surface area (Å²) >= 11 is 0. The maximum atomic E-state index is 12.3. The van der Waals surface area contributed by atoms with E-state index in [1.54, 1.807) is 24.4 Å². The summed E-state index contributed by atoms with van der Waals surface area (Å²) < 4.78 is 2.77. The third-order valence-electron chi connectivity index (χ3n) is 3.09. The van der Waals surface area contributed by atoms with Crippen LogP contribution in [0.1, 0.15) is 12.1 Å². The van der Waals surface area contributed by atoms with Crippen LogP contribution in [0.25, 0.3) is 10.9 Å². The second kappa shape index (κ2) is 5.80. The van der Waals surface area contributed by atoms with Gasteiger partial charge in [-0.25, -0.2) is 4.68 Å². The molecule has 2 heterocycles. The van der Waals surface area contributed by atoms with E-state index in [0.29, 0.717) is 23.7 Å². The average Bonchev–Trinajstić information content (AvgIpc) is 2.96. The highest BCUT2D eigenvalue weighted by Crippen LogP contribution is 2.03. The lowest BCUT2D eigenvalue weighted by molar-refractivity contribution is 0.288. The molecule has 0 amide bonds. The molecule has 0 atom stereocenters. The lowest BCUT2D eigenvalue weighted by atomic mass is 10.2. The Morgan fingerprint density at radius 2 is 2.00 bits per heavy atom. The van der Waals surface area contributed by atoms with Crippen molar-refractivity contribution in [1.82, 2.24) is 30.0 Å². The first kappa shape index (κ1) is 13.4. The predicted molar refractivity (Wildman–Crippen MR) is 74.6 cm³/mol. The van der Waals surface area contributed by atoms with E-state index in [-0.39, 0.29) is 18.8 Å². The fourth-order valence-electron chi connectivity index (χ4n) is 2.04. The van der Waals surface area contributed by atoms with Gasteiger partial charge in [-0.05, 0) is 25.0 Å². The lowest BCUT2D eigenvalue weighted by Gasteiger charge is -2.03. The summed E-state index contributed by atoms with van der Waals surface area (Å²) in [5, 5.41) is 25.1. The third-order valence-corrected chi connectivity index (χ3v) is 3.09. The van der Waals surface area contributed by atoms with E-state index in [2.05, 4.69) is 20.6 Å². The summed E-state index contributed by atoms with van der Waals surface area (Å²) in [6, 6.07) is 7.07. The number of aliphatic hydroxyl groups is 1. The molecule has 0 unspecified atom stereocenters. The molecule has 0 bridgehead atoms. The number of aliphatic hydroxyl groups excluding tert-OH is 1. The van der Waals surface area contributed by atoms with Crippen LogP contribution in [0, 0.1) is 0 Å². The molecule has 0 aliphatic carbocycles. The molecule has 0 aliphatic heterocycles. The van der Waals surface area contributed by atoms with Crippen LogP contribution in [-0.4, -0.2) is 41.7 Å². The minimum Gasteiger partial charge on any atom is -0.396 e. The maximum Gasteiger partial charge on any atom is 0.279 e. The zero-order chi connectivity index (χ0) is 14.7. The average molecular weight is 286 g/mol. The number of fused-ring (bicyclic) bond motifs is 1. The third kappa shape index (κ3) is 2.79. The van der Waals surface area contributed by atoms with Crippen LogP contribution in [-0.2, 0) is 13.1 Å². The quantitative estimate of drug-likeness (QED) is 0.698. The molecule has 3 aromatic rings. The largest absolute Gasteiger partial charge is 0.396 e. The summed E-state index contributed by atoms with van der Waals surface area (Å²) in [6.45, 7) is 0.269. The Morgan fingerprint density at radius 3 is 2.86 bits per heavy atom. The van der Waals surface area contributed by atoms with Gasteiger partial charge in [-0.2, -0.15) is 4.68 Å². The van der Waals surface area contributed by atoms with Crippen molar-refractivity contribution in [2.75, 3.05) is 6.61 Å². The van der Waals surface area contributed by atoms with Crippen molar-refractivity contribution in [3.05, 3.63) is 46.5 Å². The van der Waals surface area contributed by atoms with Crippen molar-refractivity contribution in [3.8, 4) is 0 Å². The molecule has 3 rings (SSSR count). The first-order chi connectivity index (χ1) is 10.3. The number of aryl methyl sites for hydroxylation is 1. The van der Waals surface area contributed by atoms with E-state index in [1.165, 1.54) is 9.36 Å². The van der Waals surface area contributed by atoms with Crippen LogP contribution in [0.3, 0.4) is 0 Å². The van der Waals surface area contributed by atoms with Crippen molar-refractivity contribution < 1.29 is 5.11 Å². The number of rotatable bonds is 5. The molecule has 0 saturated carbocycles. The van der Waals surface area contributed by atoms with E-state index in [1.807, 2.05) is 6.07 Å². The van der Waals surface area contributed by atoms with Gasteiger partial charge in [-0.1, -0.05) is 22.6 Å². The van der Waals surface area contributed by atoms with E-state index in [4.69, 9.17) is 5.11 Å². The van der Waals surface area contributed by atoms with Gasteiger partial charge in [-0.15, -0.1) is 10.2 Å². The van der Waals surface area contributed by atoms with Gasteiger partial charge >= 0.3 is 0 Å². The first-order valence-corrected chi connectivity index (χ1v) is 6.60. The molecule has 8 heteroatoms. The topological polar surface area (TPSA) is 98.7 Å². The fourth-order valence-corrected chi connectivity index (χ4v) is 2.04. The molecule has 0 aliphatic rings. The number of nitrogens with zero attached hydrogens (tertiary/aromatic N) is 6. The molecule has 0 radical (unpaired) electrons. The van der Waals surface area contributed by atoms with Crippen molar-refractivity contribution >= 4 is 10.9 Å². The molecular weight excluding hydrogens is 272 g/mol. The smallest absolute Gasteiger partial charge is 0.279 e. The van der Waals surface area contributed by atoms with Crippen LogP contribution in [0.4, 0.5) is 0 Å². The molecule has 2 aromatic heterocycles. The fraction of sp³-hybridized carbons (Fsp3) is 0.308. The number of benzene rings is 1.